The molecule has 0 atom stereocenters. The van der Waals surface area contributed by atoms with Gasteiger partial charge in [-0.3, -0.25) is 19.6 Å². The second-order valence-corrected chi connectivity index (χ2v) is 8.51. The van der Waals surface area contributed by atoms with E-state index in [0.29, 0.717) is 44.8 Å². The summed E-state index contributed by atoms with van der Waals surface area (Å²) in [7, 11) is 0. The predicted octanol–water partition coefficient (Wildman–Crippen LogP) is 1.30. The van der Waals surface area contributed by atoms with Gasteiger partial charge in [-0.25, -0.2) is 0 Å². The first-order chi connectivity index (χ1) is 17.1. The molecule has 1 aliphatic heterocycles. The molecule has 1 aliphatic rings. The van der Waals surface area contributed by atoms with Gasteiger partial charge in [0.05, 0.1) is 31.0 Å². The Morgan fingerprint density at radius 3 is 2.26 bits per heavy atom. The van der Waals surface area contributed by atoms with Crippen molar-refractivity contribution >= 4 is 34.9 Å². The molecule has 1 saturated heterocycles. The number of benzene rings is 2. The number of carbonyl (C=O) groups excluding carboxylic acids is 2. The van der Waals surface area contributed by atoms with Gasteiger partial charge in [-0.15, -0.1) is 0 Å². The maximum atomic E-state index is 13.0. The topological polar surface area (TPSA) is 113 Å². The molecule has 4 rings (SSSR count). The van der Waals surface area contributed by atoms with Gasteiger partial charge in [0.2, 0.25) is 5.91 Å². The summed E-state index contributed by atoms with van der Waals surface area (Å²) in [4.78, 5) is 30.7. The summed E-state index contributed by atoms with van der Waals surface area (Å²) in [5.41, 5.74) is 3.44. The van der Waals surface area contributed by atoms with Gasteiger partial charge in [-0.05, 0) is 29.8 Å². The van der Waals surface area contributed by atoms with Crippen LogP contribution in [0, 0.1) is 0 Å². The summed E-state index contributed by atoms with van der Waals surface area (Å²) in [5.74, 6) is -0.104. The molecular formula is C26H31N5O4. The number of rotatable bonds is 9. The number of amides is 2. The number of piperazine rings is 1. The largest absolute Gasteiger partial charge is 0.395 e. The van der Waals surface area contributed by atoms with Crippen molar-refractivity contribution in [3.63, 3.8) is 0 Å². The summed E-state index contributed by atoms with van der Waals surface area (Å²) in [6, 6.07) is 15.4. The molecule has 9 nitrogen and oxygen atoms in total. The number of fused-ring (bicyclic) bond motifs is 1. The minimum atomic E-state index is -0.0654. The number of hydrogen-bond donors (Lipinski definition) is 3. The third-order valence-electron chi connectivity index (χ3n) is 6.20. The average Bonchev–Trinajstić information content (AvgIpc) is 3.31. The average molecular weight is 478 g/mol. The van der Waals surface area contributed by atoms with Gasteiger partial charge in [-0.1, -0.05) is 36.4 Å². The van der Waals surface area contributed by atoms with Crippen molar-refractivity contribution in [3.05, 3.63) is 65.4 Å². The normalized spacial score (nSPS) is 14.4. The van der Waals surface area contributed by atoms with Gasteiger partial charge >= 0.3 is 0 Å². The number of para-hydroxylation sites is 1. The zero-order valence-corrected chi connectivity index (χ0v) is 19.6. The molecule has 2 aromatic carbocycles. The van der Waals surface area contributed by atoms with Crippen LogP contribution in [0.3, 0.4) is 0 Å². The van der Waals surface area contributed by atoms with E-state index >= 15 is 0 Å². The molecule has 0 saturated carbocycles. The molecule has 9 heteroatoms. The Balaban J connectivity index is 1.30. The Morgan fingerprint density at radius 2 is 1.57 bits per heavy atom. The van der Waals surface area contributed by atoms with Crippen LogP contribution in [0.2, 0.25) is 0 Å². The van der Waals surface area contributed by atoms with Gasteiger partial charge in [-0.2, -0.15) is 5.10 Å². The van der Waals surface area contributed by atoms with Gasteiger partial charge in [0.15, 0.2) is 0 Å². The van der Waals surface area contributed by atoms with E-state index in [2.05, 4.69) is 10.2 Å². The first kappa shape index (κ1) is 24.6. The van der Waals surface area contributed by atoms with Crippen LogP contribution in [0.25, 0.3) is 23.1 Å². The van der Waals surface area contributed by atoms with E-state index in [0.717, 1.165) is 22.2 Å². The van der Waals surface area contributed by atoms with Crippen LogP contribution in [0.15, 0.2) is 48.5 Å². The smallest absolute Gasteiger partial charge is 0.253 e. The second-order valence-electron chi connectivity index (χ2n) is 8.51. The third-order valence-corrected chi connectivity index (χ3v) is 6.20. The van der Waals surface area contributed by atoms with E-state index in [9.17, 15) is 9.59 Å². The molecule has 2 heterocycles. The van der Waals surface area contributed by atoms with E-state index < -0.39 is 0 Å². The number of aliphatic hydroxyl groups excluding tert-OH is 2. The molecule has 0 spiro atoms. The molecular weight excluding hydrogens is 446 g/mol. The number of aliphatic hydroxyl groups is 2. The Kier molecular flexibility index (Phi) is 8.25. The minimum absolute atomic E-state index is 0.0480. The molecule has 35 heavy (non-hydrogen) atoms. The highest BCUT2D eigenvalue weighted by molar-refractivity contribution is 5.95. The van der Waals surface area contributed by atoms with E-state index in [1.54, 1.807) is 14.7 Å². The molecule has 3 N–H and O–H groups in total. The van der Waals surface area contributed by atoms with Crippen molar-refractivity contribution < 1.29 is 19.8 Å². The van der Waals surface area contributed by atoms with E-state index in [-0.39, 0.29) is 31.6 Å². The number of carbonyl (C=O) groups is 2. The molecule has 1 fully saturated rings. The summed E-state index contributed by atoms with van der Waals surface area (Å²) < 4.78 is 0. The molecule has 184 valence electrons. The number of aromatic nitrogens is 2. The lowest BCUT2D eigenvalue weighted by Crippen LogP contribution is -2.53. The Hall–Kier alpha value is -3.53. The van der Waals surface area contributed by atoms with Crippen LogP contribution in [-0.2, 0) is 4.79 Å². The summed E-state index contributed by atoms with van der Waals surface area (Å²) >= 11 is 0. The van der Waals surface area contributed by atoms with Crippen LogP contribution >= 0.6 is 0 Å². The van der Waals surface area contributed by atoms with Crippen molar-refractivity contribution in [2.75, 3.05) is 59.0 Å². The first-order valence-corrected chi connectivity index (χ1v) is 11.8. The van der Waals surface area contributed by atoms with Gasteiger partial charge in [0.1, 0.15) is 0 Å². The monoisotopic (exact) mass is 477 g/mol. The van der Waals surface area contributed by atoms with E-state index in [1.165, 1.54) is 0 Å². The quantitative estimate of drug-likeness (QED) is 0.428. The molecule has 1 aromatic heterocycles. The van der Waals surface area contributed by atoms with Crippen LogP contribution in [0.5, 0.6) is 0 Å². The van der Waals surface area contributed by atoms with E-state index in [4.69, 9.17) is 10.2 Å². The summed E-state index contributed by atoms with van der Waals surface area (Å²) in [6.45, 7) is 2.58. The molecule has 0 aliphatic carbocycles. The fourth-order valence-corrected chi connectivity index (χ4v) is 4.21. The highest BCUT2D eigenvalue weighted by atomic mass is 16.3. The zero-order chi connectivity index (χ0) is 24.6. The molecule has 2 amide bonds. The third kappa shape index (κ3) is 6.13. The molecule has 0 unspecified atom stereocenters. The number of aromatic amines is 1. The van der Waals surface area contributed by atoms with Crippen molar-refractivity contribution in [2.45, 2.75) is 0 Å². The second kappa shape index (κ2) is 11.7. The highest BCUT2D eigenvalue weighted by Crippen LogP contribution is 2.18. The van der Waals surface area contributed by atoms with Gasteiger partial charge < -0.3 is 20.0 Å². The fourth-order valence-electron chi connectivity index (χ4n) is 4.21. The first-order valence-electron chi connectivity index (χ1n) is 11.8. The van der Waals surface area contributed by atoms with Crippen molar-refractivity contribution in [1.29, 1.82) is 0 Å². The Morgan fingerprint density at radius 1 is 0.914 bits per heavy atom. The zero-order valence-electron chi connectivity index (χ0n) is 19.6. The fraction of sp³-hybridized carbons (Fsp3) is 0.346. The lowest BCUT2D eigenvalue weighted by atomic mass is 10.1. The predicted molar refractivity (Wildman–Crippen MR) is 135 cm³/mol. The Labute approximate surface area is 204 Å². The Bertz CT molecular complexity index is 1160. The van der Waals surface area contributed by atoms with Crippen LogP contribution in [0.4, 0.5) is 0 Å². The van der Waals surface area contributed by atoms with Crippen LogP contribution in [0.1, 0.15) is 21.6 Å². The van der Waals surface area contributed by atoms with Crippen LogP contribution < -0.4 is 0 Å². The number of H-pyrrole nitrogens is 1. The highest BCUT2D eigenvalue weighted by Gasteiger charge is 2.25. The SMILES string of the molecule is O=C(CN(CCO)CCO)N1CCN(C(=O)c2ccc(C=Cc3n[nH]c4ccccc34)cc2)CC1. The maximum absolute atomic E-state index is 13.0. The van der Waals surface area contributed by atoms with Crippen molar-refractivity contribution in [3.8, 4) is 0 Å². The van der Waals surface area contributed by atoms with Crippen LogP contribution in [-0.4, -0.2) is 106 Å². The lowest BCUT2D eigenvalue weighted by Gasteiger charge is -2.35. The standard InChI is InChI=1S/C26H31N5O4/c32-17-15-29(16-18-33)19-25(34)30-11-13-31(14-12-30)26(35)21-8-5-20(6-9-21)7-10-24-22-3-1-2-4-23(22)27-28-24/h1-10,32-33H,11-19H2,(H,27,28). The van der Waals surface area contributed by atoms with Crippen molar-refractivity contribution in [2.24, 2.45) is 0 Å². The lowest BCUT2D eigenvalue weighted by molar-refractivity contribution is -0.134. The molecule has 0 bridgehead atoms. The van der Waals surface area contributed by atoms with E-state index in [1.807, 2.05) is 60.7 Å². The number of nitrogens with zero attached hydrogens (tertiary/aromatic N) is 4. The summed E-state index contributed by atoms with van der Waals surface area (Å²) in [5, 5.41) is 26.7. The number of hydrogen-bond acceptors (Lipinski definition) is 6. The van der Waals surface area contributed by atoms with Crippen molar-refractivity contribution in [1.82, 2.24) is 24.9 Å². The summed E-state index contributed by atoms with van der Waals surface area (Å²) in [6.07, 6.45) is 3.92. The minimum Gasteiger partial charge on any atom is -0.395 e. The molecule has 3 aromatic rings. The maximum Gasteiger partial charge on any atom is 0.253 e. The number of nitrogens with one attached hydrogen (secondary N) is 1. The van der Waals surface area contributed by atoms with Gasteiger partial charge in [0, 0.05) is 50.2 Å². The van der Waals surface area contributed by atoms with Gasteiger partial charge in [0.25, 0.3) is 5.91 Å². The molecule has 0 radical (unpaired) electrons.